The Kier molecular flexibility index (Phi) is 6.76. The molecule has 28 heavy (non-hydrogen) atoms. The van der Waals surface area contributed by atoms with Gasteiger partial charge in [-0.1, -0.05) is 12.1 Å². The van der Waals surface area contributed by atoms with Crippen molar-refractivity contribution in [2.24, 2.45) is 0 Å². The number of carbonyl (C=O) groups excluding carboxylic acids is 3. The normalized spacial score (nSPS) is 10.7. The molecule has 0 spiro atoms. The largest absolute Gasteiger partial charge is 0.496 e. The number of amides is 1. The van der Waals surface area contributed by atoms with E-state index in [1.165, 1.54) is 19.2 Å². The van der Waals surface area contributed by atoms with Gasteiger partial charge in [0.05, 0.1) is 18.2 Å². The number of Topliss-reactive ketones (excluding diaryl/α,β-unsaturated/α-hetero) is 1. The monoisotopic (exact) mass is 385 g/mol. The number of hydrogen-bond donors (Lipinski definition) is 1. The molecule has 0 fully saturated rings. The van der Waals surface area contributed by atoms with Crippen LogP contribution in [-0.2, 0) is 9.47 Å². The van der Waals surface area contributed by atoms with Crippen molar-refractivity contribution < 1.29 is 28.6 Å². The quantitative estimate of drug-likeness (QED) is 0.595. The highest BCUT2D eigenvalue weighted by Crippen LogP contribution is 2.18. The van der Waals surface area contributed by atoms with E-state index in [9.17, 15) is 14.4 Å². The Morgan fingerprint density at radius 1 is 0.964 bits per heavy atom. The van der Waals surface area contributed by atoms with E-state index in [1.807, 2.05) is 0 Å². The Morgan fingerprint density at radius 3 is 2.21 bits per heavy atom. The molecule has 0 bridgehead atoms. The number of esters is 1. The van der Waals surface area contributed by atoms with Crippen molar-refractivity contribution in [2.45, 2.75) is 26.4 Å². The number of benzene rings is 2. The van der Waals surface area contributed by atoms with E-state index >= 15 is 0 Å². The van der Waals surface area contributed by atoms with E-state index in [4.69, 9.17) is 14.2 Å². The Labute approximate surface area is 163 Å². The third kappa shape index (κ3) is 6.12. The molecule has 0 saturated carbocycles. The number of methoxy groups -OCH3 is 1. The zero-order chi connectivity index (χ0) is 20.7. The molecule has 0 unspecified atom stereocenters. The Balaban J connectivity index is 1.92. The summed E-state index contributed by atoms with van der Waals surface area (Å²) in [6.45, 7) is 4.88. The summed E-state index contributed by atoms with van der Waals surface area (Å²) < 4.78 is 15.4. The predicted octanol–water partition coefficient (Wildman–Crippen LogP) is 4.08. The molecule has 0 atom stereocenters. The molecule has 2 aromatic rings. The topological polar surface area (TPSA) is 90.9 Å². The van der Waals surface area contributed by atoms with Gasteiger partial charge in [-0.2, -0.15) is 0 Å². The Hall–Kier alpha value is -3.35. The fourth-order valence-corrected chi connectivity index (χ4v) is 2.28. The molecule has 0 radical (unpaired) electrons. The lowest BCUT2D eigenvalue weighted by atomic mass is 10.1. The van der Waals surface area contributed by atoms with Crippen molar-refractivity contribution >= 4 is 23.5 Å². The third-order valence-electron chi connectivity index (χ3n) is 3.51. The molecular weight excluding hydrogens is 362 g/mol. The minimum Gasteiger partial charge on any atom is -0.496 e. The molecular formula is C21H23NO6. The lowest BCUT2D eigenvalue weighted by Crippen LogP contribution is -2.27. The molecule has 0 aliphatic rings. The fourth-order valence-electron chi connectivity index (χ4n) is 2.28. The summed E-state index contributed by atoms with van der Waals surface area (Å²) in [5.41, 5.74) is 0.454. The molecule has 1 N–H and O–H groups in total. The van der Waals surface area contributed by atoms with Crippen LogP contribution in [0.3, 0.4) is 0 Å². The van der Waals surface area contributed by atoms with Crippen LogP contribution >= 0.6 is 0 Å². The van der Waals surface area contributed by atoms with E-state index < -0.39 is 24.3 Å². The Morgan fingerprint density at radius 2 is 1.61 bits per heavy atom. The molecule has 2 rings (SSSR count). The van der Waals surface area contributed by atoms with Gasteiger partial charge in [-0.15, -0.1) is 0 Å². The molecule has 1 amide bonds. The van der Waals surface area contributed by atoms with Crippen LogP contribution in [0.15, 0.2) is 48.5 Å². The highest BCUT2D eigenvalue weighted by Gasteiger charge is 2.17. The number of ketones is 1. The molecule has 2 aromatic carbocycles. The third-order valence-corrected chi connectivity index (χ3v) is 3.51. The van der Waals surface area contributed by atoms with Crippen LogP contribution in [0, 0.1) is 0 Å². The summed E-state index contributed by atoms with van der Waals surface area (Å²) in [6, 6.07) is 12.8. The summed E-state index contributed by atoms with van der Waals surface area (Å²) in [4.78, 5) is 36.1. The zero-order valence-corrected chi connectivity index (χ0v) is 16.3. The average molecular weight is 385 g/mol. The molecule has 148 valence electrons. The predicted molar refractivity (Wildman–Crippen MR) is 104 cm³/mol. The molecule has 0 heterocycles. The first-order chi connectivity index (χ1) is 13.2. The van der Waals surface area contributed by atoms with Crippen LogP contribution in [0.4, 0.5) is 10.5 Å². The number of hydrogen-bond acceptors (Lipinski definition) is 6. The first-order valence-corrected chi connectivity index (χ1v) is 8.63. The van der Waals surface area contributed by atoms with Crippen molar-refractivity contribution in [3.63, 3.8) is 0 Å². The van der Waals surface area contributed by atoms with Crippen molar-refractivity contribution in [1.82, 2.24) is 0 Å². The second-order valence-electron chi connectivity index (χ2n) is 6.90. The smallest absolute Gasteiger partial charge is 0.412 e. The van der Waals surface area contributed by atoms with Crippen molar-refractivity contribution in [1.29, 1.82) is 0 Å². The molecule has 0 aliphatic heterocycles. The molecule has 0 saturated heterocycles. The van der Waals surface area contributed by atoms with Crippen LogP contribution in [0.1, 0.15) is 41.5 Å². The minimum atomic E-state index is -0.646. The van der Waals surface area contributed by atoms with Crippen LogP contribution in [-0.4, -0.2) is 37.2 Å². The number of ether oxygens (including phenoxy) is 3. The molecule has 0 aliphatic carbocycles. The number of nitrogens with one attached hydrogen (secondary N) is 1. The highest BCUT2D eigenvalue weighted by molar-refractivity contribution is 6.01. The first-order valence-electron chi connectivity index (χ1n) is 8.63. The van der Waals surface area contributed by atoms with Gasteiger partial charge in [-0.25, -0.2) is 9.59 Å². The van der Waals surface area contributed by atoms with Crippen molar-refractivity contribution in [3.05, 3.63) is 59.7 Å². The van der Waals surface area contributed by atoms with Gasteiger partial charge < -0.3 is 14.2 Å². The maximum atomic E-state index is 12.2. The lowest BCUT2D eigenvalue weighted by Gasteiger charge is -2.19. The maximum absolute atomic E-state index is 12.2. The lowest BCUT2D eigenvalue weighted by molar-refractivity contribution is 0.0474. The highest BCUT2D eigenvalue weighted by atomic mass is 16.6. The first kappa shape index (κ1) is 21.0. The van der Waals surface area contributed by atoms with Gasteiger partial charge in [-0.05, 0) is 57.2 Å². The van der Waals surface area contributed by atoms with E-state index in [2.05, 4.69) is 5.32 Å². The van der Waals surface area contributed by atoms with Crippen molar-refractivity contribution in [2.75, 3.05) is 19.0 Å². The standard InChI is InChI=1S/C21H23NO6/c1-21(2,3)28-20(25)22-15-11-9-14(10-12-15)19(24)27-13-17(23)16-7-5-6-8-18(16)26-4/h5-12H,13H2,1-4H3,(H,22,25). The van der Waals surface area contributed by atoms with E-state index in [0.29, 0.717) is 17.0 Å². The van der Waals surface area contributed by atoms with Gasteiger partial charge in [-0.3, -0.25) is 10.1 Å². The van der Waals surface area contributed by atoms with E-state index in [0.717, 1.165) is 0 Å². The van der Waals surface area contributed by atoms with Crippen LogP contribution < -0.4 is 10.1 Å². The van der Waals surface area contributed by atoms with Gasteiger partial charge >= 0.3 is 12.1 Å². The molecule has 7 heteroatoms. The van der Waals surface area contributed by atoms with Crippen LogP contribution in [0.5, 0.6) is 5.75 Å². The molecule has 0 aromatic heterocycles. The summed E-state index contributed by atoms with van der Waals surface area (Å²) >= 11 is 0. The van der Waals surface area contributed by atoms with Gasteiger partial charge in [0.1, 0.15) is 11.4 Å². The number of para-hydroxylation sites is 1. The SMILES string of the molecule is COc1ccccc1C(=O)COC(=O)c1ccc(NC(=O)OC(C)(C)C)cc1. The van der Waals surface area contributed by atoms with Gasteiger partial charge in [0.15, 0.2) is 6.61 Å². The number of carbonyl (C=O) groups is 3. The van der Waals surface area contributed by atoms with Gasteiger partial charge in [0, 0.05) is 5.69 Å². The van der Waals surface area contributed by atoms with Crippen LogP contribution in [0.25, 0.3) is 0 Å². The van der Waals surface area contributed by atoms with E-state index in [1.54, 1.807) is 57.2 Å². The Bertz CT molecular complexity index is 852. The second kappa shape index (κ2) is 9.03. The fraction of sp³-hybridized carbons (Fsp3) is 0.286. The summed E-state index contributed by atoms with van der Waals surface area (Å²) in [7, 11) is 1.46. The minimum absolute atomic E-state index is 0.252. The van der Waals surface area contributed by atoms with Crippen molar-refractivity contribution in [3.8, 4) is 5.75 Å². The molecule has 7 nitrogen and oxygen atoms in total. The number of rotatable bonds is 6. The second-order valence-corrected chi connectivity index (χ2v) is 6.90. The summed E-state index contributed by atoms with van der Waals surface area (Å²) in [6.07, 6.45) is -0.592. The van der Waals surface area contributed by atoms with Gasteiger partial charge in [0.2, 0.25) is 5.78 Å². The summed E-state index contributed by atoms with van der Waals surface area (Å²) in [5.74, 6) is -0.595. The maximum Gasteiger partial charge on any atom is 0.412 e. The zero-order valence-electron chi connectivity index (χ0n) is 16.3. The number of anilines is 1. The van der Waals surface area contributed by atoms with Gasteiger partial charge in [0.25, 0.3) is 0 Å². The van der Waals surface area contributed by atoms with E-state index in [-0.39, 0.29) is 11.3 Å². The van der Waals surface area contributed by atoms with Crippen LogP contribution in [0.2, 0.25) is 0 Å². The summed E-state index contributed by atoms with van der Waals surface area (Å²) in [5, 5.41) is 2.57. The average Bonchev–Trinajstić information content (AvgIpc) is 2.64.